The van der Waals surface area contributed by atoms with Gasteiger partial charge in [-0.3, -0.25) is 9.52 Å². The van der Waals surface area contributed by atoms with E-state index in [1.54, 1.807) is 35.0 Å². The number of carbonyl (C=O) groups is 1. The molecule has 0 unspecified atom stereocenters. The Morgan fingerprint density at radius 3 is 2.33 bits per heavy atom. The van der Waals surface area contributed by atoms with Gasteiger partial charge in [0, 0.05) is 30.9 Å². The highest BCUT2D eigenvalue weighted by Gasteiger charge is 2.18. The fraction of sp³-hybridized carbons (Fsp3) is 0.120. The van der Waals surface area contributed by atoms with Crippen molar-refractivity contribution in [2.24, 2.45) is 0 Å². The highest BCUT2D eigenvalue weighted by molar-refractivity contribution is 7.92. The highest BCUT2D eigenvalue weighted by Crippen LogP contribution is 2.20. The molecule has 0 saturated carbocycles. The van der Waals surface area contributed by atoms with Crippen LogP contribution < -0.4 is 4.72 Å². The third kappa shape index (κ3) is 5.12. The molecule has 0 atom stereocenters. The molecule has 168 valence electrons. The van der Waals surface area contributed by atoms with E-state index in [-0.39, 0.29) is 10.8 Å². The smallest absolute Gasteiger partial charge is 0.261 e. The molecular weight excluding hydrogens is 436 g/mol. The van der Waals surface area contributed by atoms with Crippen molar-refractivity contribution in [2.75, 3.05) is 11.8 Å². The maximum absolute atomic E-state index is 12.9. The summed E-state index contributed by atoms with van der Waals surface area (Å²) in [6.07, 6.45) is 3.61. The first-order chi connectivity index (χ1) is 15.8. The Morgan fingerprint density at radius 1 is 0.970 bits per heavy atom. The minimum Gasteiger partial charge on any atom is -0.337 e. The van der Waals surface area contributed by atoms with Crippen LogP contribution in [0.2, 0.25) is 0 Å². The number of nitrogens with one attached hydrogen (secondary N) is 1. The Balaban J connectivity index is 1.44. The van der Waals surface area contributed by atoms with Crippen LogP contribution in [0.15, 0.2) is 96.2 Å². The number of benzene rings is 3. The molecule has 0 saturated heterocycles. The molecule has 0 aliphatic heterocycles. The Kier molecular flexibility index (Phi) is 6.28. The summed E-state index contributed by atoms with van der Waals surface area (Å²) in [7, 11) is -2.06. The Morgan fingerprint density at radius 2 is 1.64 bits per heavy atom. The second-order valence-corrected chi connectivity index (χ2v) is 9.42. The van der Waals surface area contributed by atoms with Gasteiger partial charge in [0.1, 0.15) is 0 Å². The summed E-state index contributed by atoms with van der Waals surface area (Å²) in [6, 6.07) is 22.8. The predicted molar refractivity (Wildman–Crippen MR) is 128 cm³/mol. The van der Waals surface area contributed by atoms with Crippen molar-refractivity contribution < 1.29 is 13.2 Å². The van der Waals surface area contributed by atoms with Crippen molar-refractivity contribution in [3.8, 4) is 5.69 Å². The van der Waals surface area contributed by atoms with Crippen molar-refractivity contribution in [1.82, 2.24) is 14.7 Å². The van der Waals surface area contributed by atoms with Gasteiger partial charge >= 0.3 is 0 Å². The zero-order chi connectivity index (χ0) is 23.4. The molecule has 0 bridgehead atoms. The predicted octanol–water partition coefficient (Wildman–Crippen LogP) is 4.25. The molecule has 1 N–H and O–H groups in total. The van der Waals surface area contributed by atoms with Gasteiger partial charge in [0.05, 0.1) is 22.5 Å². The van der Waals surface area contributed by atoms with Crippen LogP contribution in [-0.2, 0) is 16.6 Å². The lowest BCUT2D eigenvalue weighted by Crippen LogP contribution is -2.26. The second-order valence-electron chi connectivity index (χ2n) is 7.73. The number of hydrogen-bond acceptors (Lipinski definition) is 4. The molecule has 0 aliphatic carbocycles. The summed E-state index contributed by atoms with van der Waals surface area (Å²) >= 11 is 0. The first kappa shape index (κ1) is 22.3. The van der Waals surface area contributed by atoms with Gasteiger partial charge in [-0.15, -0.1) is 0 Å². The molecule has 4 aromatic rings. The van der Waals surface area contributed by atoms with E-state index in [1.807, 2.05) is 55.6 Å². The van der Waals surface area contributed by atoms with Crippen LogP contribution in [0, 0.1) is 6.92 Å². The Bertz CT molecular complexity index is 1360. The summed E-state index contributed by atoms with van der Waals surface area (Å²) < 4.78 is 29.8. The molecule has 0 radical (unpaired) electrons. The van der Waals surface area contributed by atoms with E-state index in [1.165, 1.54) is 24.3 Å². The standard InChI is InChI=1S/C25H24N4O3S/c1-19-8-6-7-11-24(19)27-33(31,32)23-14-12-21(13-15-23)25(30)28(2)17-20-16-26-29(18-20)22-9-4-3-5-10-22/h3-16,18,27H,17H2,1-2H3. The number of para-hydroxylation sites is 2. The first-order valence-electron chi connectivity index (χ1n) is 10.4. The Hall–Kier alpha value is -3.91. The van der Waals surface area contributed by atoms with E-state index in [4.69, 9.17) is 0 Å². The maximum atomic E-state index is 12.9. The van der Waals surface area contributed by atoms with E-state index in [0.717, 1.165) is 16.8 Å². The van der Waals surface area contributed by atoms with Crippen LogP contribution in [0.1, 0.15) is 21.5 Å². The van der Waals surface area contributed by atoms with Crippen LogP contribution >= 0.6 is 0 Å². The molecule has 0 fully saturated rings. The number of anilines is 1. The van der Waals surface area contributed by atoms with E-state index >= 15 is 0 Å². The molecule has 7 nitrogen and oxygen atoms in total. The lowest BCUT2D eigenvalue weighted by molar-refractivity contribution is 0.0785. The largest absolute Gasteiger partial charge is 0.337 e. The SMILES string of the molecule is Cc1ccccc1NS(=O)(=O)c1ccc(C(=O)N(C)Cc2cnn(-c3ccccc3)c2)cc1. The third-order valence-corrected chi connectivity index (χ3v) is 6.61. The minimum atomic E-state index is -3.76. The van der Waals surface area contributed by atoms with E-state index in [2.05, 4.69) is 9.82 Å². The zero-order valence-electron chi connectivity index (χ0n) is 18.3. The maximum Gasteiger partial charge on any atom is 0.261 e. The van der Waals surface area contributed by atoms with Crippen molar-refractivity contribution in [3.05, 3.63) is 108 Å². The third-order valence-electron chi connectivity index (χ3n) is 5.22. The molecule has 1 amide bonds. The number of carbonyl (C=O) groups excluding carboxylic acids is 1. The van der Waals surface area contributed by atoms with Crippen LogP contribution in [0.3, 0.4) is 0 Å². The van der Waals surface area contributed by atoms with Crippen LogP contribution in [0.25, 0.3) is 5.69 Å². The first-order valence-corrected chi connectivity index (χ1v) is 11.8. The number of aryl methyl sites for hydroxylation is 1. The summed E-state index contributed by atoms with van der Waals surface area (Å²) in [4.78, 5) is 14.5. The van der Waals surface area contributed by atoms with Gasteiger partial charge in [-0.1, -0.05) is 36.4 Å². The van der Waals surface area contributed by atoms with Gasteiger partial charge in [-0.2, -0.15) is 5.10 Å². The molecular formula is C25H24N4O3S. The zero-order valence-corrected chi connectivity index (χ0v) is 19.2. The van der Waals surface area contributed by atoms with Gasteiger partial charge in [-0.25, -0.2) is 13.1 Å². The lowest BCUT2D eigenvalue weighted by atomic mass is 10.2. The molecule has 4 rings (SSSR count). The van der Waals surface area contributed by atoms with E-state index in [0.29, 0.717) is 17.8 Å². The van der Waals surface area contributed by atoms with E-state index in [9.17, 15) is 13.2 Å². The molecule has 3 aromatic carbocycles. The van der Waals surface area contributed by atoms with Crippen LogP contribution in [-0.4, -0.2) is 36.1 Å². The molecule has 1 aromatic heterocycles. The molecule has 0 spiro atoms. The van der Waals surface area contributed by atoms with Crippen molar-refractivity contribution in [3.63, 3.8) is 0 Å². The summed E-state index contributed by atoms with van der Waals surface area (Å²) in [5.41, 5.74) is 3.58. The summed E-state index contributed by atoms with van der Waals surface area (Å²) in [5.74, 6) is -0.210. The van der Waals surface area contributed by atoms with Crippen molar-refractivity contribution in [2.45, 2.75) is 18.4 Å². The number of hydrogen-bond donors (Lipinski definition) is 1. The van der Waals surface area contributed by atoms with Gasteiger partial charge in [0.15, 0.2) is 0 Å². The second kappa shape index (κ2) is 9.30. The van der Waals surface area contributed by atoms with Gasteiger partial charge in [-0.05, 0) is 55.0 Å². The number of nitrogens with zero attached hydrogens (tertiary/aromatic N) is 3. The molecule has 8 heteroatoms. The lowest BCUT2D eigenvalue weighted by Gasteiger charge is -2.16. The Labute approximate surface area is 193 Å². The number of sulfonamides is 1. The molecule has 1 heterocycles. The fourth-order valence-electron chi connectivity index (χ4n) is 3.40. The summed E-state index contributed by atoms with van der Waals surface area (Å²) in [6.45, 7) is 2.21. The minimum absolute atomic E-state index is 0.0918. The molecule has 33 heavy (non-hydrogen) atoms. The van der Waals surface area contributed by atoms with Crippen molar-refractivity contribution >= 4 is 21.6 Å². The van der Waals surface area contributed by atoms with E-state index < -0.39 is 10.0 Å². The number of aromatic nitrogens is 2. The monoisotopic (exact) mass is 460 g/mol. The summed E-state index contributed by atoms with van der Waals surface area (Å²) in [5, 5.41) is 4.36. The quantitative estimate of drug-likeness (QED) is 0.447. The fourth-order valence-corrected chi connectivity index (χ4v) is 4.53. The average Bonchev–Trinajstić information content (AvgIpc) is 3.29. The van der Waals surface area contributed by atoms with Gasteiger partial charge < -0.3 is 4.90 Å². The number of amides is 1. The topological polar surface area (TPSA) is 84.3 Å². The van der Waals surface area contributed by atoms with Crippen LogP contribution in [0.4, 0.5) is 5.69 Å². The number of rotatable bonds is 7. The highest BCUT2D eigenvalue weighted by atomic mass is 32.2. The van der Waals surface area contributed by atoms with Crippen LogP contribution in [0.5, 0.6) is 0 Å². The normalized spacial score (nSPS) is 11.2. The molecule has 0 aliphatic rings. The average molecular weight is 461 g/mol. The van der Waals surface area contributed by atoms with Crippen molar-refractivity contribution in [1.29, 1.82) is 0 Å². The van der Waals surface area contributed by atoms with Gasteiger partial charge in [0.25, 0.3) is 15.9 Å². The van der Waals surface area contributed by atoms with Gasteiger partial charge in [0.2, 0.25) is 0 Å².